The largest absolute Gasteiger partial charge is 0.269 e. The van der Waals surface area contributed by atoms with Crippen LogP contribution in [0, 0.1) is 0 Å². The number of hydrogen-bond acceptors (Lipinski definition) is 3. The third-order valence-corrected chi connectivity index (χ3v) is 4.45. The summed E-state index contributed by atoms with van der Waals surface area (Å²) < 4.78 is 3.34. The molecule has 0 unspecified atom stereocenters. The third kappa shape index (κ3) is 2.80. The zero-order valence-electron chi connectivity index (χ0n) is 14.3. The Labute approximate surface area is 155 Å². The number of nitrogens with zero attached hydrogens (tertiary/aromatic N) is 4. The van der Waals surface area contributed by atoms with Crippen molar-refractivity contribution in [2.75, 3.05) is 0 Å². The minimum absolute atomic E-state index is 0.136. The monoisotopic (exact) mass is 364 g/mol. The number of aryl methyl sites for hydroxylation is 1. The molecule has 2 aromatic heterocycles. The molecule has 0 amide bonds. The molecule has 0 aliphatic carbocycles. The first kappa shape index (κ1) is 16.5. The molecule has 6 heteroatoms. The highest BCUT2D eigenvalue weighted by Crippen LogP contribution is 2.19. The van der Waals surface area contributed by atoms with Crippen molar-refractivity contribution in [3.05, 3.63) is 82.0 Å². The van der Waals surface area contributed by atoms with Gasteiger partial charge in [-0.05, 0) is 36.8 Å². The van der Waals surface area contributed by atoms with E-state index in [0.717, 1.165) is 12.1 Å². The van der Waals surface area contributed by atoms with Gasteiger partial charge in [-0.2, -0.15) is 5.10 Å². The molecule has 0 bridgehead atoms. The molecule has 0 atom stereocenters. The molecule has 26 heavy (non-hydrogen) atoms. The summed E-state index contributed by atoms with van der Waals surface area (Å²) in [5.41, 5.74) is 2.02. The second-order valence-electron chi connectivity index (χ2n) is 6.03. The van der Waals surface area contributed by atoms with E-state index in [2.05, 4.69) is 12.0 Å². The second-order valence-corrected chi connectivity index (χ2v) is 6.46. The number of fused-ring (bicyclic) bond motifs is 1. The highest BCUT2D eigenvalue weighted by Gasteiger charge is 2.16. The lowest BCUT2D eigenvalue weighted by molar-refractivity contribution is 0.767. The third-order valence-electron chi connectivity index (χ3n) is 4.21. The first-order chi connectivity index (χ1) is 12.7. The number of rotatable bonds is 4. The van der Waals surface area contributed by atoms with E-state index in [9.17, 15) is 4.79 Å². The van der Waals surface area contributed by atoms with Gasteiger partial charge in [0.15, 0.2) is 5.65 Å². The van der Waals surface area contributed by atoms with E-state index in [1.165, 1.54) is 0 Å². The molecule has 4 aromatic rings. The van der Waals surface area contributed by atoms with E-state index < -0.39 is 0 Å². The van der Waals surface area contributed by atoms with Gasteiger partial charge in [-0.1, -0.05) is 42.8 Å². The molecule has 2 aromatic carbocycles. The molecule has 130 valence electrons. The quantitative estimate of drug-likeness (QED) is 0.546. The summed E-state index contributed by atoms with van der Waals surface area (Å²) in [6.45, 7) is 2.06. The Balaban J connectivity index is 2.01. The maximum atomic E-state index is 13.2. The van der Waals surface area contributed by atoms with Gasteiger partial charge in [0.1, 0.15) is 11.2 Å². The first-order valence-electron chi connectivity index (χ1n) is 8.50. The van der Waals surface area contributed by atoms with E-state index in [1.807, 2.05) is 42.5 Å². The number of hydrogen-bond donors (Lipinski definition) is 0. The van der Waals surface area contributed by atoms with Gasteiger partial charge in [-0.3, -0.25) is 9.36 Å². The van der Waals surface area contributed by atoms with Gasteiger partial charge in [-0.25, -0.2) is 9.67 Å². The van der Waals surface area contributed by atoms with Crippen molar-refractivity contribution in [1.29, 1.82) is 0 Å². The van der Waals surface area contributed by atoms with Crippen LogP contribution in [0.1, 0.15) is 19.2 Å². The van der Waals surface area contributed by atoms with Gasteiger partial charge in [0.25, 0.3) is 5.56 Å². The van der Waals surface area contributed by atoms with Crippen molar-refractivity contribution in [2.24, 2.45) is 0 Å². The molecule has 4 rings (SSSR count). The highest BCUT2D eigenvalue weighted by atomic mass is 35.5. The number of para-hydroxylation sites is 1. The Morgan fingerprint density at radius 3 is 2.54 bits per heavy atom. The van der Waals surface area contributed by atoms with Gasteiger partial charge in [0, 0.05) is 11.4 Å². The SMILES string of the molecule is CCCc1nc2c(cnn2-c2ccccc2)c(=O)n1-c1cccc(Cl)c1. The van der Waals surface area contributed by atoms with Crippen LogP contribution in [-0.2, 0) is 6.42 Å². The fourth-order valence-electron chi connectivity index (χ4n) is 3.04. The van der Waals surface area contributed by atoms with Crippen LogP contribution >= 0.6 is 11.6 Å². The molecule has 0 aliphatic rings. The number of halogens is 1. The molecule has 0 aliphatic heterocycles. The molecule has 0 radical (unpaired) electrons. The first-order valence-corrected chi connectivity index (χ1v) is 8.88. The summed E-state index contributed by atoms with van der Waals surface area (Å²) in [6, 6.07) is 16.9. The summed E-state index contributed by atoms with van der Waals surface area (Å²) in [5, 5.41) is 5.46. The van der Waals surface area contributed by atoms with E-state index in [4.69, 9.17) is 16.6 Å². The van der Waals surface area contributed by atoms with Gasteiger partial charge in [0.2, 0.25) is 0 Å². The molecular weight excluding hydrogens is 348 g/mol. The van der Waals surface area contributed by atoms with Crippen LogP contribution in [-0.4, -0.2) is 19.3 Å². The minimum Gasteiger partial charge on any atom is -0.268 e. The summed E-state index contributed by atoms with van der Waals surface area (Å²) >= 11 is 6.13. The van der Waals surface area contributed by atoms with E-state index >= 15 is 0 Å². The van der Waals surface area contributed by atoms with Crippen LogP contribution in [0.3, 0.4) is 0 Å². The van der Waals surface area contributed by atoms with Crippen LogP contribution in [0.25, 0.3) is 22.4 Å². The normalized spacial score (nSPS) is 11.2. The fraction of sp³-hybridized carbons (Fsp3) is 0.150. The Morgan fingerprint density at radius 1 is 1.04 bits per heavy atom. The van der Waals surface area contributed by atoms with Crippen molar-refractivity contribution < 1.29 is 0 Å². The molecule has 0 N–H and O–H groups in total. The predicted octanol–water partition coefficient (Wildman–Crippen LogP) is 4.18. The topological polar surface area (TPSA) is 52.7 Å². The van der Waals surface area contributed by atoms with Crippen LogP contribution < -0.4 is 5.56 Å². The highest BCUT2D eigenvalue weighted by molar-refractivity contribution is 6.30. The lowest BCUT2D eigenvalue weighted by atomic mass is 10.2. The van der Waals surface area contributed by atoms with Gasteiger partial charge < -0.3 is 0 Å². The van der Waals surface area contributed by atoms with Gasteiger partial charge in [0.05, 0.1) is 17.6 Å². The number of benzene rings is 2. The summed E-state index contributed by atoms with van der Waals surface area (Å²) in [4.78, 5) is 18.0. The van der Waals surface area contributed by atoms with Crippen LogP contribution in [0.15, 0.2) is 65.6 Å². The van der Waals surface area contributed by atoms with Crippen molar-refractivity contribution in [1.82, 2.24) is 19.3 Å². The molecule has 5 nitrogen and oxygen atoms in total. The van der Waals surface area contributed by atoms with Crippen LogP contribution in [0.2, 0.25) is 5.02 Å². The standard InChI is InChI=1S/C20H17ClN4O/c1-2-7-18-23-19-17(13-22-25(19)15-9-4-3-5-10-15)20(26)24(18)16-11-6-8-14(21)12-16/h3-6,8-13H,2,7H2,1H3. The Hall–Kier alpha value is -2.92. The molecule has 2 heterocycles. The van der Waals surface area contributed by atoms with Crippen molar-refractivity contribution in [2.45, 2.75) is 19.8 Å². The molecule has 0 spiro atoms. The Morgan fingerprint density at radius 2 is 1.81 bits per heavy atom. The minimum atomic E-state index is -0.136. The number of aromatic nitrogens is 4. The predicted molar refractivity (Wildman–Crippen MR) is 103 cm³/mol. The average Bonchev–Trinajstić information content (AvgIpc) is 3.07. The molecule has 0 fully saturated rings. The maximum absolute atomic E-state index is 13.2. The summed E-state index contributed by atoms with van der Waals surface area (Å²) in [6.07, 6.45) is 3.13. The fourth-order valence-corrected chi connectivity index (χ4v) is 3.23. The lowest BCUT2D eigenvalue weighted by Crippen LogP contribution is -2.24. The Bertz CT molecular complexity index is 1130. The summed E-state index contributed by atoms with van der Waals surface area (Å²) in [7, 11) is 0. The van der Waals surface area contributed by atoms with E-state index in [-0.39, 0.29) is 5.56 Å². The zero-order valence-corrected chi connectivity index (χ0v) is 15.0. The average molecular weight is 365 g/mol. The molecule has 0 saturated heterocycles. The Kier molecular flexibility index (Phi) is 4.31. The van der Waals surface area contributed by atoms with Crippen molar-refractivity contribution in [3.63, 3.8) is 0 Å². The van der Waals surface area contributed by atoms with Crippen LogP contribution in [0.5, 0.6) is 0 Å². The van der Waals surface area contributed by atoms with Crippen molar-refractivity contribution >= 4 is 22.6 Å². The zero-order chi connectivity index (χ0) is 18.1. The van der Waals surface area contributed by atoms with Crippen molar-refractivity contribution in [3.8, 4) is 11.4 Å². The molecule has 0 saturated carbocycles. The summed E-state index contributed by atoms with van der Waals surface area (Å²) in [5.74, 6) is 0.699. The van der Waals surface area contributed by atoms with E-state index in [1.54, 1.807) is 27.6 Å². The smallest absolute Gasteiger partial charge is 0.268 e. The second kappa shape index (κ2) is 6.77. The van der Waals surface area contributed by atoms with E-state index in [0.29, 0.717) is 34.0 Å². The van der Waals surface area contributed by atoms with Crippen LogP contribution in [0.4, 0.5) is 0 Å². The maximum Gasteiger partial charge on any atom is 0.269 e. The van der Waals surface area contributed by atoms with Gasteiger partial charge in [-0.15, -0.1) is 0 Å². The lowest BCUT2D eigenvalue weighted by Gasteiger charge is -2.13. The van der Waals surface area contributed by atoms with Gasteiger partial charge >= 0.3 is 0 Å². The molecular formula is C20H17ClN4O.